The number of aromatic nitrogens is 2. The van der Waals surface area contributed by atoms with Gasteiger partial charge < -0.3 is 10.1 Å². The van der Waals surface area contributed by atoms with Crippen LogP contribution >= 0.6 is 0 Å². The molecule has 48 heavy (non-hydrogen) atoms. The lowest BCUT2D eigenvalue weighted by Gasteiger charge is -2.37. The Bertz CT molecular complexity index is 2010. The predicted molar refractivity (Wildman–Crippen MR) is 183 cm³/mol. The molecule has 244 valence electrons. The normalized spacial score (nSPS) is 17.6. The summed E-state index contributed by atoms with van der Waals surface area (Å²) in [5.74, 6) is 0.179. The average molecular weight is 662 g/mol. The zero-order chi connectivity index (χ0) is 32.9. The van der Waals surface area contributed by atoms with Crippen LogP contribution in [0.4, 0.5) is 14.9 Å². The minimum Gasteiger partial charge on any atom is -0.475 e. The van der Waals surface area contributed by atoms with Gasteiger partial charge in [-0.05, 0) is 84.4 Å². The van der Waals surface area contributed by atoms with Crippen LogP contribution in [0.2, 0.25) is 0 Å². The first-order valence-corrected chi connectivity index (χ1v) is 18.0. The fourth-order valence-electron chi connectivity index (χ4n) is 7.61. The lowest BCUT2D eigenvalue weighted by Crippen LogP contribution is -2.48. The third-order valence-corrected chi connectivity index (χ3v) is 11.7. The van der Waals surface area contributed by atoms with Crippen LogP contribution < -0.4 is 14.8 Å². The highest BCUT2D eigenvalue weighted by molar-refractivity contribution is 7.92. The molecule has 0 unspecified atom stereocenters. The molecule has 2 atom stereocenters. The maximum Gasteiger partial charge on any atom is 0.354 e. The minimum atomic E-state index is -3.85. The van der Waals surface area contributed by atoms with E-state index in [4.69, 9.17) is 4.74 Å². The number of hydrogen-bond acceptors (Lipinski definition) is 4. The Labute approximate surface area is 279 Å². The van der Waals surface area contributed by atoms with Crippen LogP contribution in [0.3, 0.4) is 0 Å². The summed E-state index contributed by atoms with van der Waals surface area (Å²) in [5.41, 5.74) is 4.82. The topological polar surface area (TPSA) is 97.6 Å². The molecule has 1 aliphatic heterocycles. The highest BCUT2D eigenvalue weighted by atomic mass is 32.2. The maximum absolute atomic E-state index is 15.8. The van der Waals surface area contributed by atoms with Crippen molar-refractivity contribution in [3.63, 3.8) is 0 Å². The number of urea groups is 1. The van der Waals surface area contributed by atoms with E-state index in [1.807, 2.05) is 97.9 Å². The Morgan fingerprint density at radius 3 is 1.88 bits per heavy atom. The molecule has 1 aromatic heterocycles. The molecule has 2 amide bonds. The molecule has 2 aliphatic carbocycles. The smallest absolute Gasteiger partial charge is 0.354 e. The van der Waals surface area contributed by atoms with E-state index in [0.29, 0.717) is 55.0 Å². The quantitative estimate of drug-likeness (QED) is 0.177. The number of fused-ring (bicyclic) bond motifs is 3. The van der Waals surface area contributed by atoms with Crippen molar-refractivity contribution in [3.8, 4) is 5.88 Å². The van der Waals surface area contributed by atoms with Gasteiger partial charge in [0, 0.05) is 5.69 Å². The molecule has 4 aromatic carbocycles. The Morgan fingerprint density at radius 1 is 0.854 bits per heavy atom. The molecule has 8 rings (SSSR count). The van der Waals surface area contributed by atoms with Gasteiger partial charge in [-0.3, -0.25) is 0 Å². The lowest BCUT2D eigenvalue weighted by atomic mass is 9.78. The number of carbonyl (C=O) groups is 1. The third kappa shape index (κ3) is 4.93. The highest BCUT2D eigenvalue weighted by Gasteiger charge is 2.42. The number of carbonyl (C=O) groups excluding carboxylic acids is 1. The molecule has 0 spiro atoms. The third-order valence-electron chi connectivity index (χ3n) is 9.82. The average Bonchev–Trinajstić information content (AvgIpc) is 3.93. The number of halogens is 1. The summed E-state index contributed by atoms with van der Waals surface area (Å²) >= 11 is 0. The summed E-state index contributed by atoms with van der Waals surface area (Å²) < 4.78 is 47.0. The number of amides is 2. The Morgan fingerprint density at radius 2 is 1.35 bits per heavy atom. The van der Waals surface area contributed by atoms with Gasteiger partial charge in [-0.25, -0.2) is 22.8 Å². The molecule has 0 fully saturated rings. The van der Waals surface area contributed by atoms with Crippen molar-refractivity contribution in [3.05, 3.63) is 142 Å². The standard InChI is InChI=1S/C38H36FN5O3S/c1-25-24-47-36-33(23-40-44(25)36)48(46,42-37(45)41-35-31-21-11-19-29(31)34(39)30-20-12-22-32(30)35)43-38(26-13-5-2-6-14-26,27-15-7-3-8-16-27)28-17-9-4-10-18-28/h2-10,13-18,23,25H,11-12,19-22,24H2,1H3,(H2,41,42,43,45,46)/t25-,48+/m0/s1. The van der Waals surface area contributed by atoms with E-state index in [1.54, 1.807) is 4.68 Å². The number of anilines is 1. The SMILES string of the molecule is C[C@H]1COc2c([S@@](=O)(=NC(=O)Nc3c4c(c(F)c5c3CCC5)CCC4)NC(c3ccccc3)(c3ccccc3)c3ccccc3)cnn21. The van der Waals surface area contributed by atoms with Crippen molar-refractivity contribution >= 4 is 21.6 Å². The predicted octanol–water partition coefficient (Wildman–Crippen LogP) is 7.51. The van der Waals surface area contributed by atoms with Gasteiger partial charge in [-0.1, -0.05) is 91.0 Å². The molecule has 0 saturated heterocycles. The van der Waals surface area contributed by atoms with Crippen LogP contribution in [0.1, 0.15) is 64.8 Å². The van der Waals surface area contributed by atoms with Gasteiger partial charge >= 0.3 is 6.03 Å². The van der Waals surface area contributed by atoms with Crippen LogP contribution in [0.15, 0.2) is 106 Å². The van der Waals surface area contributed by atoms with Gasteiger partial charge in [0.1, 0.15) is 22.9 Å². The maximum atomic E-state index is 15.8. The second kappa shape index (κ2) is 12.0. The zero-order valence-electron chi connectivity index (χ0n) is 26.6. The van der Waals surface area contributed by atoms with Crippen LogP contribution in [-0.4, -0.2) is 26.6 Å². The minimum absolute atomic E-state index is 0.0854. The lowest BCUT2D eigenvalue weighted by molar-refractivity contribution is 0.260. The zero-order valence-corrected chi connectivity index (χ0v) is 27.4. The second-order valence-electron chi connectivity index (χ2n) is 12.7. The van der Waals surface area contributed by atoms with Crippen molar-refractivity contribution in [2.24, 2.45) is 4.36 Å². The van der Waals surface area contributed by atoms with Gasteiger partial charge in [0.2, 0.25) is 5.88 Å². The van der Waals surface area contributed by atoms with E-state index in [1.165, 1.54) is 6.20 Å². The number of nitrogens with zero attached hydrogens (tertiary/aromatic N) is 3. The first-order chi connectivity index (χ1) is 23.4. The first kappa shape index (κ1) is 30.5. The number of rotatable bonds is 7. The van der Waals surface area contributed by atoms with E-state index in [-0.39, 0.29) is 16.8 Å². The van der Waals surface area contributed by atoms with Crippen molar-refractivity contribution in [1.82, 2.24) is 14.5 Å². The van der Waals surface area contributed by atoms with Gasteiger partial charge in [-0.15, -0.1) is 4.36 Å². The van der Waals surface area contributed by atoms with E-state index < -0.39 is 21.5 Å². The first-order valence-electron chi connectivity index (χ1n) is 16.5. The molecule has 5 aromatic rings. The molecule has 2 N–H and O–H groups in total. The fourth-order valence-corrected chi connectivity index (χ4v) is 9.49. The van der Waals surface area contributed by atoms with Crippen LogP contribution in [0.25, 0.3) is 0 Å². The molecule has 0 bridgehead atoms. The fraction of sp³-hybridized carbons (Fsp3) is 0.263. The molecular weight excluding hydrogens is 626 g/mol. The Balaban J connectivity index is 1.34. The molecular formula is C38H36FN5O3S. The molecule has 3 aliphatic rings. The molecule has 10 heteroatoms. The van der Waals surface area contributed by atoms with Crippen molar-refractivity contribution in [2.45, 2.75) is 61.9 Å². The molecule has 0 radical (unpaired) electrons. The molecule has 2 heterocycles. The summed E-state index contributed by atoms with van der Waals surface area (Å²) in [6.45, 7) is 2.32. The Hall–Kier alpha value is -4.80. The summed E-state index contributed by atoms with van der Waals surface area (Å²) in [6.07, 6.45) is 5.74. The summed E-state index contributed by atoms with van der Waals surface area (Å²) in [4.78, 5) is 14.4. The Kier molecular flexibility index (Phi) is 7.64. The van der Waals surface area contributed by atoms with Gasteiger partial charge in [-0.2, -0.15) is 5.10 Å². The van der Waals surface area contributed by atoms with Gasteiger partial charge in [0.15, 0.2) is 9.92 Å². The number of nitrogens with one attached hydrogen (secondary N) is 2. The largest absolute Gasteiger partial charge is 0.475 e. The highest BCUT2D eigenvalue weighted by Crippen LogP contribution is 2.43. The van der Waals surface area contributed by atoms with Crippen molar-refractivity contribution in [2.75, 3.05) is 11.9 Å². The second-order valence-corrected chi connectivity index (χ2v) is 14.6. The monoisotopic (exact) mass is 661 g/mol. The van der Waals surface area contributed by atoms with E-state index in [0.717, 1.165) is 40.7 Å². The van der Waals surface area contributed by atoms with Gasteiger partial charge in [0.05, 0.1) is 12.2 Å². The van der Waals surface area contributed by atoms with Gasteiger partial charge in [0.25, 0.3) is 0 Å². The van der Waals surface area contributed by atoms with Crippen molar-refractivity contribution in [1.29, 1.82) is 0 Å². The summed E-state index contributed by atoms with van der Waals surface area (Å²) in [6, 6.07) is 28.3. The van der Waals surface area contributed by atoms with E-state index >= 15 is 8.60 Å². The van der Waals surface area contributed by atoms with Crippen molar-refractivity contribution < 1.29 is 18.1 Å². The summed E-state index contributed by atoms with van der Waals surface area (Å²) in [5, 5.41) is 7.54. The van der Waals surface area contributed by atoms with Crippen LogP contribution in [-0.2, 0) is 41.1 Å². The van der Waals surface area contributed by atoms with E-state index in [9.17, 15) is 4.79 Å². The number of benzene rings is 4. The van der Waals surface area contributed by atoms with Crippen LogP contribution in [0.5, 0.6) is 5.88 Å². The molecule has 8 nitrogen and oxygen atoms in total. The molecule has 0 saturated carbocycles. The van der Waals surface area contributed by atoms with Crippen LogP contribution in [0, 0.1) is 5.82 Å². The summed E-state index contributed by atoms with van der Waals surface area (Å²) in [7, 11) is -3.85. The number of hydrogen-bond donors (Lipinski definition) is 2. The van der Waals surface area contributed by atoms with E-state index in [2.05, 4.69) is 19.5 Å². The number of ether oxygens (including phenoxy) is 1.